The van der Waals surface area contributed by atoms with Crippen LogP contribution in [0.4, 0.5) is 0 Å². The van der Waals surface area contributed by atoms with Crippen molar-refractivity contribution in [3.8, 4) is 5.75 Å². The fraction of sp³-hybridized carbons (Fsp3) is 0.250. The normalized spacial score (nSPS) is 12.0. The van der Waals surface area contributed by atoms with Gasteiger partial charge in [-0.15, -0.1) is 0 Å². The van der Waals surface area contributed by atoms with E-state index in [-0.39, 0.29) is 0 Å². The summed E-state index contributed by atoms with van der Waals surface area (Å²) in [5.41, 5.74) is 3.38. The van der Waals surface area contributed by atoms with Crippen LogP contribution in [-0.4, -0.2) is 6.04 Å². The van der Waals surface area contributed by atoms with Crippen LogP contribution in [0.5, 0.6) is 5.75 Å². The summed E-state index contributed by atoms with van der Waals surface area (Å²) >= 11 is 12.4. The van der Waals surface area contributed by atoms with Crippen molar-refractivity contribution in [2.45, 2.75) is 39.0 Å². The summed E-state index contributed by atoms with van der Waals surface area (Å²) in [5, 5.41) is 4.84. The SMILES string of the molecule is C[C@@H](CCc1ccccc1)NCc1cccc(OCc2c(Cl)cccc2Cl)c1. The monoisotopic (exact) mass is 413 g/mol. The van der Waals surface area contributed by atoms with Crippen LogP contribution >= 0.6 is 23.2 Å². The molecule has 3 aromatic carbocycles. The molecule has 3 rings (SSSR count). The maximum Gasteiger partial charge on any atom is 0.120 e. The first-order valence-corrected chi connectivity index (χ1v) is 10.3. The van der Waals surface area contributed by atoms with Gasteiger partial charge in [0.2, 0.25) is 0 Å². The molecule has 4 heteroatoms. The van der Waals surface area contributed by atoms with Crippen LogP contribution in [0.1, 0.15) is 30.0 Å². The highest BCUT2D eigenvalue weighted by Gasteiger charge is 2.07. The van der Waals surface area contributed by atoms with E-state index in [9.17, 15) is 0 Å². The summed E-state index contributed by atoms with van der Waals surface area (Å²) in [7, 11) is 0. The van der Waals surface area contributed by atoms with Crippen molar-refractivity contribution >= 4 is 23.2 Å². The number of aryl methyl sites for hydroxylation is 1. The predicted octanol–water partition coefficient (Wildman–Crippen LogP) is 6.68. The van der Waals surface area contributed by atoms with Gasteiger partial charge in [0.1, 0.15) is 12.4 Å². The second-order valence-corrected chi connectivity index (χ2v) is 7.76. The van der Waals surface area contributed by atoms with Crippen LogP contribution in [-0.2, 0) is 19.6 Å². The van der Waals surface area contributed by atoms with Gasteiger partial charge in [-0.2, -0.15) is 0 Å². The Labute approximate surface area is 177 Å². The maximum absolute atomic E-state index is 6.21. The molecule has 0 aliphatic carbocycles. The molecule has 1 atom stereocenters. The molecule has 0 radical (unpaired) electrons. The van der Waals surface area contributed by atoms with Crippen molar-refractivity contribution in [1.82, 2.24) is 5.32 Å². The van der Waals surface area contributed by atoms with Crippen LogP contribution in [0, 0.1) is 0 Å². The zero-order chi connectivity index (χ0) is 19.8. The summed E-state index contributed by atoms with van der Waals surface area (Å²) in [6.07, 6.45) is 2.18. The maximum atomic E-state index is 6.21. The number of ether oxygens (including phenoxy) is 1. The third-order valence-electron chi connectivity index (χ3n) is 4.71. The number of benzene rings is 3. The molecular weight excluding hydrogens is 389 g/mol. The molecule has 3 aromatic rings. The van der Waals surface area contributed by atoms with Gasteiger partial charge < -0.3 is 10.1 Å². The summed E-state index contributed by atoms with van der Waals surface area (Å²) < 4.78 is 5.91. The molecule has 1 N–H and O–H groups in total. The lowest BCUT2D eigenvalue weighted by Crippen LogP contribution is -2.25. The van der Waals surface area contributed by atoms with Crippen molar-refractivity contribution < 1.29 is 4.74 Å². The molecule has 0 aromatic heterocycles. The zero-order valence-corrected chi connectivity index (χ0v) is 17.5. The molecule has 0 unspecified atom stereocenters. The second kappa shape index (κ2) is 10.5. The number of rotatable bonds is 9. The molecule has 2 nitrogen and oxygen atoms in total. The molecule has 0 aliphatic heterocycles. The summed E-state index contributed by atoms with van der Waals surface area (Å²) in [4.78, 5) is 0. The first-order chi connectivity index (χ1) is 13.6. The predicted molar refractivity (Wildman–Crippen MR) is 118 cm³/mol. The lowest BCUT2D eigenvalue weighted by atomic mass is 10.1. The Morgan fingerprint density at radius 1 is 0.857 bits per heavy atom. The summed E-state index contributed by atoms with van der Waals surface area (Å²) in [5.74, 6) is 0.812. The molecule has 0 aliphatic rings. The van der Waals surface area contributed by atoms with E-state index < -0.39 is 0 Å². The first-order valence-electron chi connectivity index (χ1n) is 9.54. The third-order valence-corrected chi connectivity index (χ3v) is 5.42. The Kier molecular flexibility index (Phi) is 7.79. The van der Waals surface area contributed by atoms with E-state index in [1.165, 1.54) is 11.1 Å². The number of nitrogens with one attached hydrogen (secondary N) is 1. The number of hydrogen-bond acceptors (Lipinski definition) is 2. The average Bonchev–Trinajstić information content (AvgIpc) is 2.71. The average molecular weight is 414 g/mol. The van der Waals surface area contributed by atoms with E-state index in [2.05, 4.69) is 54.7 Å². The van der Waals surface area contributed by atoms with E-state index in [1.54, 1.807) is 0 Å². The summed E-state index contributed by atoms with van der Waals surface area (Å²) in [6.45, 7) is 3.38. The zero-order valence-electron chi connectivity index (χ0n) is 16.0. The van der Waals surface area contributed by atoms with Crippen molar-refractivity contribution in [2.75, 3.05) is 0 Å². The molecule has 0 heterocycles. The number of halogens is 2. The van der Waals surface area contributed by atoms with Gasteiger partial charge in [-0.1, -0.05) is 71.7 Å². The number of hydrogen-bond donors (Lipinski definition) is 1. The van der Waals surface area contributed by atoms with E-state index >= 15 is 0 Å². The van der Waals surface area contributed by atoms with Gasteiger partial charge >= 0.3 is 0 Å². The Balaban J connectivity index is 1.49. The van der Waals surface area contributed by atoms with Gasteiger partial charge in [-0.25, -0.2) is 0 Å². The van der Waals surface area contributed by atoms with Crippen LogP contribution in [0.25, 0.3) is 0 Å². The summed E-state index contributed by atoms with van der Waals surface area (Å²) in [6, 6.07) is 24.6. The van der Waals surface area contributed by atoms with Crippen molar-refractivity contribution in [2.24, 2.45) is 0 Å². The molecule has 0 spiro atoms. The Bertz CT molecular complexity index is 863. The molecule has 0 bridgehead atoms. The molecule has 0 saturated heterocycles. The first kappa shape index (κ1) is 20.7. The second-order valence-electron chi connectivity index (χ2n) is 6.94. The largest absolute Gasteiger partial charge is 0.489 e. The Morgan fingerprint density at radius 2 is 1.54 bits per heavy atom. The van der Waals surface area contributed by atoms with Gasteiger partial charge in [0, 0.05) is 28.2 Å². The van der Waals surface area contributed by atoms with Gasteiger partial charge in [0.05, 0.1) is 0 Å². The fourth-order valence-corrected chi connectivity index (χ4v) is 3.50. The highest BCUT2D eigenvalue weighted by atomic mass is 35.5. The quantitative estimate of drug-likeness (QED) is 0.422. The van der Waals surface area contributed by atoms with Crippen molar-refractivity contribution in [3.63, 3.8) is 0 Å². The van der Waals surface area contributed by atoms with E-state index in [4.69, 9.17) is 27.9 Å². The molecule has 0 fully saturated rings. The molecule has 146 valence electrons. The molecular formula is C24H25Cl2NO. The van der Waals surface area contributed by atoms with Gasteiger partial charge in [-0.05, 0) is 55.2 Å². The van der Waals surface area contributed by atoms with Gasteiger partial charge in [0.15, 0.2) is 0 Å². The van der Waals surface area contributed by atoms with Crippen LogP contribution in [0.3, 0.4) is 0 Å². The van der Waals surface area contributed by atoms with E-state index in [1.807, 2.05) is 30.3 Å². The van der Waals surface area contributed by atoms with Gasteiger partial charge in [0.25, 0.3) is 0 Å². The minimum Gasteiger partial charge on any atom is -0.489 e. The Hall–Kier alpha value is -2.00. The van der Waals surface area contributed by atoms with Crippen molar-refractivity contribution in [3.05, 3.63) is 99.5 Å². The van der Waals surface area contributed by atoms with Crippen LogP contribution in [0.2, 0.25) is 10.0 Å². The molecule has 0 amide bonds. The van der Waals surface area contributed by atoms with Crippen molar-refractivity contribution in [1.29, 1.82) is 0 Å². The van der Waals surface area contributed by atoms with E-state index in [0.717, 1.165) is 30.7 Å². The fourth-order valence-electron chi connectivity index (χ4n) is 2.99. The van der Waals surface area contributed by atoms with Crippen LogP contribution < -0.4 is 10.1 Å². The topological polar surface area (TPSA) is 21.3 Å². The Morgan fingerprint density at radius 3 is 2.29 bits per heavy atom. The minimum atomic E-state index is 0.350. The van der Waals surface area contributed by atoms with E-state index in [0.29, 0.717) is 22.7 Å². The third kappa shape index (κ3) is 6.27. The molecule has 28 heavy (non-hydrogen) atoms. The lowest BCUT2D eigenvalue weighted by molar-refractivity contribution is 0.306. The molecule has 0 saturated carbocycles. The highest BCUT2D eigenvalue weighted by molar-refractivity contribution is 6.35. The standard InChI is InChI=1S/C24H25Cl2NO/c1-18(13-14-19-7-3-2-4-8-19)27-16-20-9-5-10-21(15-20)28-17-22-23(25)11-6-12-24(22)26/h2-12,15,18,27H,13-14,16-17H2,1H3/t18-/m0/s1. The smallest absolute Gasteiger partial charge is 0.120 e. The lowest BCUT2D eigenvalue weighted by Gasteiger charge is -2.15. The van der Waals surface area contributed by atoms with Gasteiger partial charge in [-0.3, -0.25) is 0 Å². The highest BCUT2D eigenvalue weighted by Crippen LogP contribution is 2.26. The van der Waals surface area contributed by atoms with Crippen LogP contribution in [0.15, 0.2) is 72.8 Å². The minimum absolute atomic E-state index is 0.350.